The van der Waals surface area contributed by atoms with Gasteiger partial charge in [-0.1, -0.05) is 36.4 Å². The molecule has 0 spiro atoms. The van der Waals surface area contributed by atoms with Gasteiger partial charge in [0.2, 0.25) is 5.91 Å². The zero-order valence-corrected chi connectivity index (χ0v) is 21.1. The van der Waals surface area contributed by atoms with E-state index in [0.717, 1.165) is 28.1 Å². The second kappa shape index (κ2) is 10.8. The van der Waals surface area contributed by atoms with Gasteiger partial charge in [0.1, 0.15) is 5.69 Å². The van der Waals surface area contributed by atoms with Crippen LogP contribution in [0.2, 0.25) is 0 Å². The van der Waals surface area contributed by atoms with E-state index in [2.05, 4.69) is 15.2 Å². The molecule has 188 valence electrons. The normalized spacial score (nSPS) is 13.9. The molecule has 4 aromatic rings. The van der Waals surface area contributed by atoms with Crippen LogP contribution in [0.4, 0.5) is 5.69 Å². The molecule has 5 rings (SSSR count). The standard InChI is InChI=1S/C29H30N6O2/c1-21-8-6-9-22(2)27(21)31-26(36)20-33-14-16-34(17-15-33)29(37)25-19-35(24-11-4-3-5-12-24)32-28(25)23-10-7-13-30-18-23/h3-13,18-19H,14-17,20H2,1-2H3,(H,31,36). The molecule has 1 saturated heterocycles. The molecule has 1 aliphatic rings. The Balaban J connectivity index is 1.27. The number of pyridine rings is 1. The van der Waals surface area contributed by atoms with E-state index >= 15 is 0 Å². The SMILES string of the molecule is Cc1cccc(C)c1NC(=O)CN1CCN(C(=O)c2cn(-c3ccccc3)nc2-c2cccnc2)CC1. The van der Waals surface area contributed by atoms with Crippen molar-refractivity contribution in [3.63, 3.8) is 0 Å². The van der Waals surface area contributed by atoms with E-state index in [0.29, 0.717) is 44.0 Å². The van der Waals surface area contributed by atoms with Crippen molar-refractivity contribution in [3.8, 4) is 16.9 Å². The van der Waals surface area contributed by atoms with Crippen LogP contribution in [0.1, 0.15) is 21.5 Å². The van der Waals surface area contributed by atoms with Crippen LogP contribution in [0.3, 0.4) is 0 Å². The predicted molar refractivity (Wildman–Crippen MR) is 144 cm³/mol. The van der Waals surface area contributed by atoms with E-state index in [1.54, 1.807) is 23.3 Å². The Morgan fingerprint density at radius 3 is 2.30 bits per heavy atom. The Morgan fingerprint density at radius 2 is 1.62 bits per heavy atom. The molecule has 0 atom stereocenters. The van der Waals surface area contributed by atoms with Crippen molar-refractivity contribution >= 4 is 17.5 Å². The fraction of sp³-hybridized carbons (Fsp3) is 0.241. The van der Waals surface area contributed by atoms with Crippen molar-refractivity contribution in [3.05, 3.63) is 95.9 Å². The number of aromatic nitrogens is 3. The second-order valence-electron chi connectivity index (χ2n) is 9.30. The first-order valence-corrected chi connectivity index (χ1v) is 12.4. The van der Waals surface area contributed by atoms with Crippen LogP contribution >= 0.6 is 0 Å². The number of nitrogens with zero attached hydrogens (tertiary/aromatic N) is 5. The minimum absolute atomic E-state index is 0.0415. The van der Waals surface area contributed by atoms with Crippen LogP contribution in [-0.4, -0.2) is 69.1 Å². The van der Waals surface area contributed by atoms with Crippen LogP contribution < -0.4 is 5.32 Å². The van der Waals surface area contributed by atoms with Gasteiger partial charge >= 0.3 is 0 Å². The summed E-state index contributed by atoms with van der Waals surface area (Å²) in [6, 6.07) is 19.5. The molecule has 37 heavy (non-hydrogen) atoms. The van der Waals surface area contributed by atoms with E-state index < -0.39 is 0 Å². The summed E-state index contributed by atoms with van der Waals surface area (Å²) in [4.78, 5) is 34.5. The summed E-state index contributed by atoms with van der Waals surface area (Å²) < 4.78 is 1.74. The highest BCUT2D eigenvalue weighted by Gasteiger charge is 2.27. The summed E-state index contributed by atoms with van der Waals surface area (Å²) in [5, 5.41) is 7.79. The van der Waals surface area contributed by atoms with Gasteiger partial charge in [-0.3, -0.25) is 19.5 Å². The van der Waals surface area contributed by atoms with E-state index in [9.17, 15) is 9.59 Å². The van der Waals surface area contributed by atoms with Crippen molar-refractivity contribution in [2.45, 2.75) is 13.8 Å². The van der Waals surface area contributed by atoms with E-state index in [1.165, 1.54) is 0 Å². The molecule has 0 aliphatic carbocycles. The lowest BCUT2D eigenvalue weighted by atomic mass is 10.1. The predicted octanol–water partition coefficient (Wildman–Crippen LogP) is 3.95. The van der Waals surface area contributed by atoms with Gasteiger partial charge in [0.25, 0.3) is 5.91 Å². The average Bonchev–Trinajstić information content (AvgIpc) is 3.38. The lowest BCUT2D eigenvalue weighted by Gasteiger charge is -2.34. The molecule has 1 aliphatic heterocycles. The molecule has 0 bridgehead atoms. The number of piperazine rings is 1. The minimum atomic E-state index is -0.0688. The Bertz CT molecular complexity index is 1370. The molecule has 8 nitrogen and oxygen atoms in total. The van der Waals surface area contributed by atoms with E-state index in [4.69, 9.17) is 5.10 Å². The third-order valence-corrected chi connectivity index (χ3v) is 6.67. The summed E-state index contributed by atoms with van der Waals surface area (Å²) in [6.07, 6.45) is 5.22. The van der Waals surface area contributed by atoms with Crippen LogP contribution in [0.15, 0.2) is 79.3 Å². The number of amides is 2. The Labute approximate surface area is 216 Å². The number of aryl methyl sites for hydroxylation is 2. The maximum Gasteiger partial charge on any atom is 0.257 e. The van der Waals surface area contributed by atoms with Crippen molar-refractivity contribution < 1.29 is 9.59 Å². The zero-order chi connectivity index (χ0) is 25.8. The molecule has 8 heteroatoms. The summed E-state index contributed by atoms with van der Waals surface area (Å²) >= 11 is 0. The topological polar surface area (TPSA) is 83.4 Å². The molecule has 0 saturated carbocycles. The van der Waals surface area contributed by atoms with Gasteiger partial charge in [0.05, 0.1) is 17.8 Å². The maximum atomic E-state index is 13.6. The monoisotopic (exact) mass is 494 g/mol. The first-order valence-electron chi connectivity index (χ1n) is 12.4. The number of rotatable bonds is 6. The van der Waals surface area contributed by atoms with Crippen molar-refractivity contribution in [2.75, 3.05) is 38.0 Å². The van der Waals surface area contributed by atoms with Gasteiger partial charge in [0.15, 0.2) is 0 Å². The van der Waals surface area contributed by atoms with Gasteiger partial charge in [-0.05, 0) is 49.2 Å². The smallest absolute Gasteiger partial charge is 0.257 e. The van der Waals surface area contributed by atoms with Gasteiger partial charge in [-0.15, -0.1) is 0 Å². The summed E-state index contributed by atoms with van der Waals surface area (Å²) in [6.45, 7) is 6.61. The van der Waals surface area contributed by atoms with Gasteiger partial charge in [-0.25, -0.2) is 4.68 Å². The Hall–Kier alpha value is -4.30. The fourth-order valence-corrected chi connectivity index (χ4v) is 4.63. The minimum Gasteiger partial charge on any atom is -0.336 e. The summed E-state index contributed by atoms with van der Waals surface area (Å²) in [7, 11) is 0. The largest absolute Gasteiger partial charge is 0.336 e. The third-order valence-electron chi connectivity index (χ3n) is 6.67. The average molecular weight is 495 g/mol. The van der Waals surface area contributed by atoms with Crippen molar-refractivity contribution in [1.82, 2.24) is 24.6 Å². The lowest BCUT2D eigenvalue weighted by Crippen LogP contribution is -2.50. The van der Waals surface area contributed by atoms with Crippen LogP contribution in [-0.2, 0) is 4.79 Å². The molecule has 0 unspecified atom stereocenters. The Morgan fingerprint density at radius 1 is 0.892 bits per heavy atom. The first-order chi connectivity index (χ1) is 18.0. The highest BCUT2D eigenvalue weighted by Crippen LogP contribution is 2.25. The van der Waals surface area contributed by atoms with Crippen molar-refractivity contribution in [1.29, 1.82) is 0 Å². The quantitative estimate of drug-likeness (QED) is 0.439. The number of carbonyl (C=O) groups excluding carboxylic acids is 2. The van der Waals surface area contributed by atoms with Gasteiger partial charge in [0, 0.05) is 56.0 Å². The van der Waals surface area contributed by atoms with Crippen LogP contribution in [0.5, 0.6) is 0 Å². The highest BCUT2D eigenvalue weighted by atomic mass is 16.2. The second-order valence-corrected chi connectivity index (χ2v) is 9.30. The summed E-state index contributed by atoms with van der Waals surface area (Å²) in [5.74, 6) is -0.110. The van der Waals surface area contributed by atoms with Crippen LogP contribution in [0.25, 0.3) is 16.9 Å². The highest BCUT2D eigenvalue weighted by molar-refractivity contribution is 6.00. The third kappa shape index (κ3) is 5.44. The number of carbonyl (C=O) groups is 2. The number of para-hydroxylation sites is 2. The number of benzene rings is 2. The number of anilines is 1. The molecule has 2 aromatic carbocycles. The van der Waals surface area contributed by atoms with E-state index in [-0.39, 0.29) is 11.8 Å². The van der Waals surface area contributed by atoms with Gasteiger partial charge in [-0.2, -0.15) is 5.10 Å². The number of hydrogen-bond acceptors (Lipinski definition) is 5. The first kappa shape index (κ1) is 24.4. The van der Waals surface area contributed by atoms with E-state index in [1.807, 2.05) is 79.4 Å². The zero-order valence-electron chi connectivity index (χ0n) is 21.1. The fourth-order valence-electron chi connectivity index (χ4n) is 4.63. The maximum absolute atomic E-state index is 13.6. The Kier molecular flexibility index (Phi) is 7.09. The molecule has 0 radical (unpaired) electrons. The van der Waals surface area contributed by atoms with Crippen molar-refractivity contribution in [2.24, 2.45) is 0 Å². The van der Waals surface area contributed by atoms with Crippen LogP contribution in [0, 0.1) is 13.8 Å². The number of hydrogen-bond donors (Lipinski definition) is 1. The molecule has 2 aromatic heterocycles. The molecule has 1 fully saturated rings. The molecular weight excluding hydrogens is 464 g/mol. The number of nitrogens with one attached hydrogen (secondary N) is 1. The lowest BCUT2D eigenvalue weighted by molar-refractivity contribution is -0.117. The van der Waals surface area contributed by atoms with Gasteiger partial charge < -0.3 is 10.2 Å². The molecule has 2 amide bonds. The molecule has 3 heterocycles. The molecule has 1 N–H and O–H groups in total. The summed E-state index contributed by atoms with van der Waals surface area (Å²) in [5.41, 5.74) is 5.79. The molecular formula is C29H30N6O2.